The van der Waals surface area contributed by atoms with Crippen LogP contribution >= 0.6 is 0 Å². The average molecular weight is 376 g/mol. The summed E-state index contributed by atoms with van der Waals surface area (Å²) in [6, 6.07) is 11.3. The summed E-state index contributed by atoms with van der Waals surface area (Å²) in [5.41, 5.74) is 8.73. The number of rotatable bonds is 2. The van der Waals surface area contributed by atoms with Crippen LogP contribution in [-0.4, -0.2) is 19.0 Å². The minimum Gasteiger partial charge on any atom is -0.377 e. The first-order valence-electron chi connectivity index (χ1n) is 10.5. The third-order valence-corrected chi connectivity index (χ3v) is 6.02. The Morgan fingerprint density at radius 3 is 2.18 bits per heavy atom. The van der Waals surface area contributed by atoms with E-state index < -0.39 is 0 Å². The molecule has 0 fully saturated rings. The second-order valence-electron chi connectivity index (χ2n) is 10.5. The second kappa shape index (κ2) is 6.79. The zero-order valence-corrected chi connectivity index (χ0v) is 19.5. The van der Waals surface area contributed by atoms with Crippen LogP contribution in [0, 0.1) is 5.41 Å². The van der Waals surface area contributed by atoms with Gasteiger partial charge < -0.3 is 4.90 Å². The van der Waals surface area contributed by atoms with Crippen molar-refractivity contribution in [3.63, 3.8) is 0 Å². The number of hydrogen-bond donors (Lipinski definition) is 0. The van der Waals surface area contributed by atoms with Gasteiger partial charge in [0.2, 0.25) is 0 Å². The highest BCUT2D eigenvalue weighted by atomic mass is 15.1. The Hall–Kier alpha value is -2.02. The summed E-state index contributed by atoms with van der Waals surface area (Å²) in [4.78, 5) is 2.32. The molecule has 1 aliphatic carbocycles. The maximum atomic E-state index is 2.49. The lowest BCUT2D eigenvalue weighted by Crippen LogP contribution is -2.32. The van der Waals surface area contributed by atoms with Crippen molar-refractivity contribution in [1.82, 2.24) is 4.90 Å². The number of allylic oxidation sites excluding steroid dienone is 3. The van der Waals surface area contributed by atoms with Gasteiger partial charge in [-0.15, -0.1) is 0 Å². The molecule has 0 radical (unpaired) electrons. The Labute approximate surface area is 172 Å². The first-order chi connectivity index (χ1) is 12.9. The fourth-order valence-corrected chi connectivity index (χ4v) is 4.93. The number of nitrogens with zero attached hydrogens (tertiary/aromatic N) is 1. The molecule has 0 saturated heterocycles. The molecular weight excluding hydrogens is 338 g/mol. The van der Waals surface area contributed by atoms with Gasteiger partial charge in [0.05, 0.1) is 0 Å². The monoisotopic (exact) mass is 375 g/mol. The van der Waals surface area contributed by atoms with Gasteiger partial charge in [0.15, 0.2) is 0 Å². The molecule has 0 unspecified atom stereocenters. The molecule has 0 saturated carbocycles. The summed E-state index contributed by atoms with van der Waals surface area (Å²) < 4.78 is 0. The normalized spacial score (nSPS) is 18.2. The highest BCUT2D eigenvalue weighted by Crippen LogP contribution is 2.52. The Morgan fingerprint density at radius 1 is 1.04 bits per heavy atom. The molecule has 3 rings (SSSR count). The van der Waals surface area contributed by atoms with E-state index in [-0.39, 0.29) is 10.8 Å². The summed E-state index contributed by atoms with van der Waals surface area (Å²) in [5, 5.41) is 2.74. The summed E-state index contributed by atoms with van der Waals surface area (Å²) in [6.07, 6.45) is 2.49. The molecular formula is C27H37N. The highest BCUT2D eigenvalue weighted by molar-refractivity contribution is 5.96. The van der Waals surface area contributed by atoms with Crippen molar-refractivity contribution in [3.05, 3.63) is 64.2 Å². The van der Waals surface area contributed by atoms with E-state index in [1.165, 1.54) is 44.3 Å². The van der Waals surface area contributed by atoms with Crippen molar-refractivity contribution in [1.29, 1.82) is 0 Å². The molecule has 2 aromatic rings. The fourth-order valence-electron chi connectivity index (χ4n) is 4.93. The fraction of sp³-hybridized carbons (Fsp3) is 0.481. The molecule has 0 bridgehead atoms. The first kappa shape index (κ1) is 20.7. The highest BCUT2D eigenvalue weighted by Gasteiger charge is 2.39. The molecule has 2 aromatic carbocycles. The van der Waals surface area contributed by atoms with Gasteiger partial charge in [-0.1, -0.05) is 84.9 Å². The van der Waals surface area contributed by atoms with E-state index in [9.17, 15) is 0 Å². The molecule has 0 aromatic heterocycles. The predicted molar refractivity (Wildman–Crippen MR) is 125 cm³/mol. The summed E-state index contributed by atoms with van der Waals surface area (Å²) in [6.45, 7) is 18.7. The SMILES string of the molecule is CC1=C(N(C)C)c2c(C(C)C)cc3ccccc3c2C(C)(C)/C1=C/C(C)(C)C. The molecule has 1 heteroatoms. The van der Waals surface area contributed by atoms with Crippen molar-refractivity contribution >= 4 is 16.5 Å². The van der Waals surface area contributed by atoms with Crippen LogP contribution in [0.5, 0.6) is 0 Å². The maximum absolute atomic E-state index is 2.49. The third kappa shape index (κ3) is 3.30. The van der Waals surface area contributed by atoms with Crippen LogP contribution in [0.2, 0.25) is 0 Å². The van der Waals surface area contributed by atoms with Crippen LogP contribution < -0.4 is 0 Å². The molecule has 0 heterocycles. The Bertz CT molecular complexity index is 975. The molecule has 0 amide bonds. The van der Waals surface area contributed by atoms with Gasteiger partial charge in [0.1, 0.15) is 0 Å². The quantitative estimate of drug-likeness (QED) is 0.524. The van der Waals surface area contributed by atoms with E-state index >= 15 is 0 Å². The summed E-state index contributed by atoms with van der Waals surface area (Å²) in [5.74, 6) is 0.477. The first-order valence-corrected chi connectivity index (χ1v) is 10.5. The maximum Gasteiger partial charge on any atom is 0.0473 e. The van der Waals surface area contributed by atoms with Crippen LogP contribution in [0.4, 0.5) is 0 Å². The van der Waals surface area contributed by atoms with Gasteiger partial charge in [-0.05, 0) is 51.3 Å². The van der Waals surface area contributed by atoms with Crippen LogP contribution in [0.15, 0.2) is 47.6 Å². The molecule has 28 heavy (non-hydrogen) atoms. The average Bonchev–Trinajstić information content (AvgIpc) is 2.56. The Balaban J connectivity index is 2.58. The van der Waals surface area contributed by atoms with Crippen LogP contribution in [0.1, 0.15) is 78.0 Å². The molecule has 150 valence electrons. The predicted octanol–water partition coefficient (Wildman–Crippen LogP) is 7.52. The lowest BCUT2D eigenvalue weighted by Gasteiger charge is -2.43. The van der Waals surface area contributed by atoms with Crippen LogP contribution in [0.25, 0.3) is 16.5 Å². The Morgan fingerprint density at radius 2 is 1.64 bits per heavy atom. The van der Waals surface area contributed by atoms with Gasteiger partial charge in [-0.3, -0.25) is 0 Å². The molecule has 1 nitrogen and oxygen atoms in total. The lowest BCUT2D eigenvalue weighted by molar-refractivity contribution is 0.513. The zero-order valence-electron chi connectivity index (χ0n) is 19.5. The van der Waals surface area contributed by atoms with E-state index in [0.29, 0.717) is 5.92 Å². The van der Waals surface area contributed by atoms with Crippen molar-refractivity contribution in [3.8, 4) is 0 Å². The van der Waals surface area contributed by atoms with Crippen molar-refractivity contribution in [2.45, 2.75) is 66.7 Å². The molecule has 0 aliphatic heterocycles. The smallest absolute Gasteiger partial charge is 0.0473 e. The summed E-state index contributed by atoms with van der Waals surface area (Å²) >= 11 is 0. The molecule has 1 aliphatic rings. The third-order valence-electron chi connectivity index (χ3n) is 6.02. The molecule has 0 atom stereocenters. The largest absolute Gasteiger partial charge is 0.377 e. The van der Waals surface area contributed by atoms with Gasteiger partial charge in [-0.2, -0.15) is 0 Å². The van der Waals surface area contributed by atoms with Gasteiger partial charge in [0, 0.05) is 30.8 Å². The number of benzene rings is 2. The standard InChI is InChI=1S/C27H37N/c1-17(2)21-15-19-13-11-12-14-20(19)24-23(21)25(28(9)10)18(3)22(27(24,7)8)16-26(4,5)6/h11-17H,1-10H3/b22-16+. The molecule has 0 spiro atoms. The van der Waals surface area contributed by atoms with E-state index in [2.05, 4.69) is 111 Å². The zero-order chi connectivity index (χ0) is 21.0. The van der Waals surface area contributed by atoms with Crippen LogP contribution in [-0.2, 0) is 5.41 Å². The Kier molecular flexibility index (Phi) is 5.02. The number of fused-ring (bicyclic) bond motifs is 3. The van der Waals surface area contributed by atoms with Gasteiger partial charge in [0.25, 0.3) is 0 Å². The van der Waals surface area contributed by atoms with Gasteiger partial charge in [-0.25, -0.2) is 0 Å². The van der Waals surface area contributed by atoms with E-state index in [0.717, 1.165) is 0 Å². The summed E-state index contributed by atoms with van der Waals surface area (Å²) in [7, 11) is 4.38. The van der Waals surface area contributed by atoms with E-state index in [4.69, 9.17) is 0 Å². The van der Waals surface area contributed by atoms with Crippen molar-refractivity contribution in [2.24, 2.45) is 5.41 Å². The van der Waals surface area contributed by atoms with E-state index in [1.807, 2.05) is 0 Å². The van der Waals surface area contributed by atoms with Crippen molar-refractivity contribution < 1.29 is 0 Å². The second-order valence-corrected chi connectivity index (χ2v) is 10.5. The minimum absolute atomic E-state index is 0.0449. The molecule has 0 N–H and O–H groups in total. The minimum atomic E-state index is -0.0449. The van der Waals surface area contributed by atoms with Crippen LogP contribution in [0.3, 0.4) is 0 Å². The van der Waals surface area contributed by atoms with Gasteiger partial charge >= 0.3 is 0 Å². The van der Waals surface area contributed by atoms with Crippen molar-refractivity contribution in [2.75, 3.05) is 14.1 Å². The van der Waals surface area contributed by atoms with E-state index in [1.54, 1.807) is 0 Å². The lowest BCUT2D eigenvalue weighted by atomic mass is 9.64. The number of hydrogen-bond acceptors (Lipinski definition) is 1. The topological polar surface area (TPSA) is 3.24 Å².